The van der Waals surface area contributed by atoms with Gasteiger partial charge in [-0.1, -0.05) is 24.3 Å². The van der Waals surface area contributed by atoms with Gasteiger partial charge in [0, 0.05) is 12.1 Å². The summed E-state index contributed by atoms with van der Waals surface area (Å²) in [5.74, 6) is -0.341. The predicted octanol–water partition coefficient (Wildman–Crippen LogP) is 3.54. The van der Waals surface area contributed by atoms with E-state index in [-0.39, 0.29) is 11.4 Å². The quantitative estimate of drug-likeness (QED) is 0.692. The fraction of sp³-hybridized carbons (Fsp3) is 0.143. The van der Waals surface area contributed by atoms with E-state index < -0.39 is 17.3 Å². The number of nitrogens with zero attached hydrogens (tertiary/aromatic N) is 1. The molecule has 0 heterocycles. The van der Waals surface area contributed by atoms with Crippen molar-refractivity contribution in [1.82, 2.24) is 0 Å². The zero-order valence-corrected chi connectivity index (χ0v) is 11.1. The monoisotopic (exact) mass is 312 g/mol. The number of halogens is 3. The zero-order chi connectivity index (χ0) is 16.3. The Kier molecular flexibility index (Phi) is 4.32. The molecule has 0 unspecified atom stereocenters. The van der Waals surface area contributed by atoms with E-state index in [0.29, 0.717) is 11.1 Å². The van der Waals surface area contributed by atoms with Gasteiger partial charge in [-0.3, -0.25) is 10.1 Å². The van der Waals surface area contributed by atoms with Crippen molar-refractivity contribution in [2.24, 2.45) is 5.73 Å². The molecule has 1 atom stereocenters. The van der Waals surface area contributed by atoms with E-state index >= 15 is 0 Å². The van der Waals surface area contributed by atoms with Gasteiger partial charge >= 0.3 is 6.36 Å². The van der Waals surface area contributed by atoms with Crippen LogP contribution in [-0.4, -0.2) is 11.3 Å². The van der Waals surface area contributed by atoms with Gasteiger partial charge in [0.2, 0.25) is 0 Å². The molecule has 0 fully saturated rings. The maximum Gasteiger partial charge on any atom is 0.573 e. The Morgan fingerprint density at radius 2 is 1.45 bits per heavy atom. The third-order valence-electron chi connectivity index (χ3n) is 2.94. The van der Waals surface area contributed by atoms with E-state index in [4.69, 9.17) is 5.73 Å². The average Bonchev–Trinajstić information content (AvgIpc) is 2.46. The van der Waals surface area contributed by atoms with Crippen LogP contribution in [0.25, 0.3) is 0 Å². The van der Waals surface area contributed by atoms with Crippen LogP contribution in [0.3, 0.4) is 0 Å². The van der Waals surface area contributed by atoms with Crippen LogP contribution in [0.2, 0.25) is 0 Å². The van der Waals surface area contributed by atoms with Crippen molar-refractivity contribution in [3.8, 4) is 5.75 Å². The van der Waals surface area contributed by atoms with E-state index in [1.54, 1.807) is 0 Å². The van der Waals surface area contributed by atoms with Gasteiger partial charge in [0.15, 0.2) is 0 Å². The van der Waals surface area contributed by atoms with Crippen LogP contribution in [0.5, 0.6) is 5.75 Å². The lowest BCUT2D eigenvalue weighted by Gasteiger charge is -2.14. The molecule has 0 amide bonds. The Morgan fingerprint density at radius 3 is 1.86 bits per heavy atom. The highest BCUT2D eigenvalue weighted by molar-refractivity contribution is 5.39. The van der Waals surface area contributed by atoms with E-state index in [9.17, 15) is 23.3 Å². The van der Waals surface area contributed by atoms with E-state index in [1.807, 2.05) is 0 Å². The highest BCUT2D eigenvalue weighted by Gasteiger charge is 2.31. The molecule has 0 saturated heterocycles. The third-order valence-corrected chi connectivity index (χ3v) is 2.94. The number of rotatable bonds is 4. The summed E-state index contributed by atoms with van der Waals surface area (Å²) in [6.45, 7) is 0. The highest BCUT2D eigenvalue weighted by atomic mass is 19.4. The number of nitrogens with two attached hydrogens (primary N) is 1. The number of nitro groups is 1. The average molecular weight is 312 g/mol. The second-order valence-corrected chi connectivity index (χ2v) is 4.44. The summed E-state index contributed by atoms with van der Waals surface area (Å²) in [4.78, 5) is 10.0. The van der Waals surface area contributed by atoms with Gasteiger partial charge in [-0.2, -0.15) is 0 Å². The molecule has 8 heteroatoms. The second kappa shape index (κ2) is 6.02. The molecular weight excluding hydrogens is 301 g/mol. The molecule has 0 saturated carbocycles. The molecule has 116 valence electrons. The van der Waals surface area contributed by atoms with Crippen molar-refractivity contribution in [1.29, 1.82) is 0 Å². The first-order chi connectivity index (χ1) is 10.3. The number of ether oxygens (including phenoxy) is 1. The van der Waals surface area contributed by atoms with Gasteiger partial charge in [0.05, 0.1) is 11.0 Å². The minimum absolute atomic E-state index is 0.0649. The van der Waals surface area contributed by atoms with Crippen LogP contribution < -0.4 is 10.5 Å². The lowest BCUT2D eigenvalue weighted by Crippen LogP contribution is -2.17. The maximum atomic E-state index is 12.1. The summed E-state index contributed by atoms with van der Waals surface area (Å²) in [5.41, 5.74) is 7.09. The van der Waals surface area contributed by atoms with Gasteiger partial charge in [0.1, 0.15) is 5.75 Å². The molecule has 0 aliphatic heterocycles. The summed E-state index contributed by atoms with van der Waals surface area (Å²) in [5, 5.41) is 10.6. The number of nitro benzene ring substituents is 1. The van der Waals surface area contributed by atoms with Crippen molar-refractivity contribution in [3.05, 3.63) is 69.8 Å². The summed E-state index contributed by atoms with van der Waals surface area (Å²) in [7, 11) is 0. The molecule has 5 nitrogen and oxygen atoms in total. The molecule has 0 aliphatic carbocycles. The fourth-order valence-corrected chi connectivity index (χ4v) is 1.87. The van der Waals surface area contributed by atoms with Crippen molar-refractivity contribution in [3.63, 3.8) is 0 Å². The lowest BCUT2D eigenvalue weighted by atomic mass is 9.99. The first-order valence-electron chi connectivity index (χ1n) is 6.12. The van der Waals surface area contributed by atoms with Gasteiger partial charge in [-0.05, 0) is 23.3 Å². The molecule has 0 spiro atoms. The second-order valence-electron chi connectivity index (χ2n) is 4.44. The Morgan fingerprint density at radius 1 is 1.00 bits per heavy atom. The van der Waals surface area contributed by atoms with Gasteiger partial charge in [0.25, 0.3) is 5.69 Å². The highest BCUT2D eigenvalue weighted by Crippen LogP contribution is 2.26. The van der Waals surface area contributed by atoms with Crippen molar-refractivity contribution < 1.29 is 22.8 Å². The summed E-state index contributed by atoms with van der Waals surface area (Å²) >= 11 is 0. The van der Waals surface area contributed by atoms with E-state index in [0.717, 1.165) is 12.1 Å². The number of hydrogen-bond donors (Lipinski definition) is 1. The molecule has 0 radical (unpaired) electrons. The molecule has 2 aromatic rings. The Labute approximate surface area is 123 Å². The smallest absolute Gasteiger partial charge is 0.406 e. The van der Waals surface area contributed by atoms with Crippen molar-refractivity contribution in [2.75, 3.05) is 0 Å². The standard InChI is InChI=1S/C14H11F3N2O3/c15-14(16,17)22-12-7-3-10(4-8-12)13(18)9-1-5-11(6-2-9)19(20)21/h1-8,13H,18H2/t13-/m0/s1. The predicted molar refractivity (Wildman–Crippen MR) is 72.3 cm³/mol. The van der Waals surface area contributed by atoms with Crippen molar-refractivity contribution in [2.45, 2.75) is 12.4 Å². The lowest BCUT2D eigenvalue weighted by molar-refractivity contribution is -0.384. The number of hydrogen-bond acceptors (Lipinski definition) is 4. The van der Waals surface area contributed by atoms with Crippen LogP contribution >= 0.6 is 0 Å². The Hall–Kier alpha value is -2.61. The van der Waals surface area contributed by atoms with Crippen LogP contribution in [0.15, 0.2) is 48.5 Å². The Bertz CT molecular complexity index is 655. The molecule has 0 bridgehead atoms. The van der Waals surface area contributed by atoms with Crippen LogP contribution in [0.4, 0.5) is 18.9 Å². The molecular formula is C14H11F3N2O3. The number of non-ortho nitro benzene ring substituents is 1. The van der Waals surface area contributed by atoms with Crippen LogP contribution in [0, 0.1) is 10.1 Å². The maximum absolute atomic E-state index is 12.1. The van der Waals surface area contributed by atoms with Gasteiger partial charge < -0.3 is 10.5 Å². The zero-order valence-electron chi connectivity index (χ0n) is 11.1. The topological polar surface area (TPSA) is 78.4 Å². The Balaban J connectivity index is 2.15. The van der Waals surface area contributed by atoms with Crippen LogP contribution in [-0.2, 0) is 0 Å². The molecule has 0 aliphatic rings. The minimum atomic E-state index is -4.75. The largest absolute Gasteiger partial charge is 0.573 e. The van der Waals surface area contributed by atoms with E-state index in [2.05, 4.69) is 4.74 Å². The third kappa shape index (κ3) is 3.95. The van der Waals surface area contributed by atoms with E-state index in [1.165, 1.54) is 36.4 Å². The number of benzene rings is 2. The van der Waals surface area contributed by atoms with Crippen LogP contribution in [0.1, 0.15) is 17.2 Å². The molecule has 22 heavy (non-hydrogen) atoms. The van der Waals surface area contributed by atoms with Crippen molar-refractivity contribution >= 4 is 5.69 Å². The minimum Gasteiger partial charge on any atom is -0.406 e. The van der Waals surface area contributed by atoms with Gasteiger partial charge in [-0.25, -0.2) is 0 Å². The molecule has 2 aromatic carbocycles. The first-order valence-corrected chi connectivity index (χ1v) is 6.12. The number of alkyl halides is 3. The summed E-state index contributed by atoms with van der Waals surface area (Å²) in [6.07, 6.45) is -4.75. The summed E-state index contributed by atoms with van der Waals surface area (Å²) < 4.78 is 40.0. The molecule has 2 N–H and O–H groups in total. The van der Waals surface area contributed by atoms with Gasteiger partial charge in [-0.15, -0.1) is 13.2 Å². The first kappa shape index (κ1) is 15.8. The fourth-order valence-electron chi connectivity index (χ4n) is 1.87. The molecule has 0 aromatic heterocycles. The SMILES string of the molecule is N[C@H](c1ccc(OC(F)(F)F)cc1)c1ccc([N+](=O)[O-])cc1. The molecule has 2 rings (SSSR count). The summed E-state index contributed by atoms with van der Waals surface area (Å²) in [6, 6.07) is 10.2. The normalized spacial score (nSPS) is 12.7.